The summed E-state index contributed by atoms with van der Waals surface area (Å²) in [5.41, 5.74) is -0.663. The summed E-state index contributed by atoms with van der Waals surface area (Å²) in [6, 6.07) is 0. The molecule has 0 saturated carbocycles. The van der Waals surface area contributed by atoms with Gasteiger partial charge in [0.05, 0.1) is 6.61 Å². The maximum Gasteiger partial charge on any atom is 0.330 e. The Morgan fingerprint density at radius 2 is 2.33 bits per heavy atom. The smallest absolute Gasteiger partial charge is 0.330 e. The average Bonchev–Trinajstić information content (AvgIpc) is 2.66. The zero-order chi connectivity index (χ0) is 13.3. The van der Waals surface area contributed by atoms with Crippen LogP contribution in [0.4, 0.5) is 4.39 Å². The number of aromatic nitrogens is 2. The molecule has 1 N–H and O–H groups in total. The fraction of sp³-hybridized carbons (Fsp3) is 0.636. The van der Waals surface area contributed by atoms with Crippen molar-refractivity contribution < 1.29 is 13.9 Å². The number of methoxy groups -OCH3 is 1. The molecule has 0 radical (unpaired) electrons. The first kappa shape index (κ1) is 13.0. The van der Waals surface area contributed by atoms with Gasteiger partial charge in [0.2, 0.25) is 0 Å². The second kappa shape index (κ2) is 5.03. The van der Waals surface area contributed by atoms with E-state index in [-0.39, 0.29) is 13.0 Å². The highest BCUT2D eigenvalue weighted by molar-refractivity contribution is 5.02. The summed E-state index contributed by atoms with van der Waals surface area (Å²) in [5, 5.41) is 0. The molecule has 1 aliphatic heterocycles. The molecule has 1 aromatic rings. The Kier molecular flexibility index (Phi) is 3.63. The SMILES string of the molecule is COC[C@H]1O[C@@H](n2cc(C)c(=O)[nH]c2=O)C[C@H]1F. The fourth-order valence-corrected chi connectivity index (χ4v) is 1.97. The summed E-state index contributed by atoms with van der Waals surface area (Å²) in [5.74, 6) is 0. The Hall–Kier alpha value is -1.47. The third kappa shape index (κ3) is 2.37. The van der Waals surface area contributed by atoms with E-state index < -0.39 is 29.8 Å². The average molecular weight is 258 g/mol. The molecule has 1 aliphatic rings. The molecule has 1 saturated heterocycles. The van der Waals surface area contributed by atoms with Crippen LogP contribution in [-0.4, -0.2) is 35.5 Å². The normalized spacial score (nSPS) is 27.6. The lowest BCUT2D eigenvalue weighted by Gasteiger charge is -2.15. The van der Waals surface area contributed by atoms with Crippen LogP contribution >= 0.6 is 0 Å². The van der Waals surface area contributed by atoms with Crippen molar-refractivity contribution in [2.24, 2.45) is 0 Å². The maximum atomic E-state index is 13.6. The molecule has 0 bridgehead atoms. The van der Waals surface area contributed by atoms with E-state index >= 15 is 0 Å². The monoisotopic (exact) mass is 258 g/mol. The lowest BCUT2D eigenvalue weighted by atomic mass is 10.2. The molecule has 6 nitrogen and oxygen atoms in total. The number of aromatic amines is 1. The summed E-state index contributed by atoms with van der Waals surface area (Å²) in [6.07, 6.45) is -1.12. The highest BCUT2D eigenvalue weighted by atomic mass is 19.1. The van der Waals surface area contributed by atoms with E-state index in [0.717, 1.165) is 0 Å². The van der Waals surface area contributed by atoms with Crippen LogP contribution in [0.25, 0.3) is 0 Å². The van der Waals surface area contributed by atoms with Crippen LogP contribution in [0.15, 0.2) is 15.8 Å². The molecular formula is C11H15FN2O4. The highest BCUT2D eigenvalue weighted by Gasteiger charge is 2.36. The zero-order valence-electron chi connectivity index (χ0n) is 10.2. The molecule has 1 fully saturated rings. The van der Waals surface area contributed by atoms with Gasteiger partial charge >= 0.3 is 5.69 Å². The highest BCUT2D eigenvalue weighted by Crippen LogP contribution is 2.29. The largest absolute Gasteiger partial charge is 0.382 e. The minimum absolute atomic E-state index is 0.0689. The molecule has 0 unspecified atom stereocenters. The fourth-order valence-electron chi connectivity index (χ4n) is 1.97. The van der Waals surface area contributed by atoms with Gasteiger partial charge < -0.3 is 9.47 Å². The third-order valence-electron chi connectivity index (χ3n) is 2.95. The Labute approximate surface area is 102 Å². The van der Waals surface area contributed by atoms with Crippen LogP contribution in [-0.2, 0) is 9.47 Å². The summed E-state index contributed by atoms with van der Waals surface area (Å²) in [7, 11) is 1.46. The molecule has 18 heavy (non-hydrogen) atoms. The summed E-state index contributed by atoms with van der Waals surface area (Å²) in [4.78, 5) is 25.0. The summed E-state index contributed by atoms with van der Waals surface area (Å²) in [6.45, 7) is 1.71. The molecule has 0 aliphatic carbocycles. The Morgan fingerprint density at radius 1 is 1.61 bits per heavy atom. The van der Waals surface area contributed by atoms with Gasteiger partial charge in [0.1, 0.15) is 18.5 Å². The maximum absolute atomic E-state index is 13.6. The quantitative estimate of drug-likeness (QED) is 0.835. The van der Waals surface area contributed by atoms with Crippen molar-refractivity contribution in [1.29, 1.82) is 0 Å². The number of H-pyrrole nitrogens is 1. The first-order valence-electron chi connectivity index (χ1n) is 5.63. The van der Waals surface area contributed by atoms with Crippen molar-refractivity contribution in [3.8, 4) is 0 Å². The van der Waals surface area contributed by atoms with Crippen molar-refractivity contribution >= 4 is 0 Å². The van der Waals surface area contributed by atoms with Gasteiger partial charge in [0, 0.05) is 25.3 Å². The van der Waals surface area contributed by atoms with E-state index in [1.807, 2.05) is 0 Å². The molecule has 0 aromatic carbocycles. The van der Waals surface area contributed by atoms with Gasteiger partial charge in [-0.15, -0.1) is 0 Å². The Bertz CT molecular complexity index is 539. The van der Waals surface area contributed by atoms with Crippen LogP contribution in [0, 0.1) is 6.92 Å². The van der Waals surface area contributed by atoms with Crippen molar-refractivity contribution in [3.05, 3.63) is 32.6 Å². The first-order valence-corrected chi connectivity index (χ1v) is 5.63. The van der Waals surface area contributed by atoms with Crippen LogP contribution in [0.2, 0.25) is 0 Å². The predicted molar refractivity (Wildman–Crippen MR) is 61.4 cm³/mol. The molecule has 0 amide bonds. The number of aryl methyl sites for hydroxylation is 1. The van der Waals surface area contributed by atoms with E-state index in [1.54, 1.807) is 6.92 Å². The van der Waals surface area contributed by atoms with Crippen molar-refractivity contribution in [2.75, 3.05) is 13.7 Å². The van der Waals surface area contributed by atoms with E-state index in [4.69, 9.17) is 9.47 Å². The van der Waals surface area contributed by atoms with Gasteiger partial charge in [0.15, 0.2) is 0 Å². The number of hydrogen-bond acceptors (Lipinski definition) is 4. The van der Waals surface area contributed by atoms with Crippen molar-refractivity contribution in [2.45, 2.75) is 31.8 Å². The lowest BCUT2D eigenvalue weighted by Crippen LogP contribution is -2.33. The Balaban J connectivity index is 2.26. The van der Waals surface area contributed by atoms with Gasteiger partial charge in [-0.05, 0) is 6.92 Å². The molecule has 2 heterocycles. The van der Waals surface area contributed by atoms with Gasteiger partial charge in [-0.3, -0.25) is 14.3 Å². The zero-order valence-corrected chi connectivity index (χ0v) is 10.2. The topological polar surface area (TPSA) is 73.3 Å². The molecule has 0 spiro atoms. The van der Waals surface area contributed by atoms with Gasteiger partial charge in [-0.2, -0.15) is 0 Å². The third-order valence-corrected chi connectivity index (χ3v) is 2.95. The second-order valence-corrected chi connectivity index (χ2v) is 4.31. The van der Waals surface area contributed by atoms with Gasteiger partial charge in [0.25, 0.3) is 5.56 Å². The van der Waals surface area contributed by atoms with Crippen molar-refractivity contribution in [1.82, 2.24) is 9.55 Å². The summed E-state index contributed by atoms with van der Waals surface area (Å²) < 4.78 is 25.1. The van der Waals surface area contributed by atoms with Gasteiger partial charge in [-0.1, -0.05) is 0 Å². The van der Waals surface area contributed by atoms with E-state index in [1.165, 1.54) is 17.9 Å². The standard InChI is InChI=1S/C11H15FN2O4/c1-6-4-14(11(16)13-10(6)15)9-3-7(12)8(18-9)5-17-2/h4,7-9H,3,5H2,1-2H3,(H,13,15,16)/t7-,8-,9-/m1/s1. The van der Waals surface area contributed by atoms with E-state index in [9.17, 15) is 14.0 Å². The molecular weight excluding hydrogens is 243 g/mol. The van der Waals surface area contributed by atoms with Gasteiger partial charge in [-0.25, -0.2) is 9.18 Å². The van der Waals surface area contributed by atoms with Crippen LogP contribution in [0.5, 0.6) is 0 Å². The minimum Gasteiger partial charge on any atom is -0.382 e. The van der Waals surface area contributed by atoms with Crippen LogP contribution < -0.4 is 11.2 Å². The molecule has 100 valence electrons. The van der Waals surface area contributed by atoms with E-state index in [2.05, 4.69) is 4.98 Å². The van der Waals surface area contributed by atoms with Crippen LogP contribution in [0.3, 0.4) is 0 Å². The Morgan fingerprint density at radius 3 is 3.00 bits per heavy atom. The van der Waals surface area contributed by atoms with E-state index in [0.29, 0.717) is 5.56 Å². The first-order chi connectivity index (χ1) is 8.52. The molecule has 3 atom stereocenters. The number of halogens is 1. The second-order valence-electron chi connectivity index (χ2n) is 4.31. The molecule has 7 heteroatoms. The number of ether oxygens (including phenoxy) is 2. The predicted octanol–water partition coefficient (Wildman–Crippen LogP) is 0.117. The molecule has 1 aromatic heterocycles. The lowest BCUT2D eigenvalue weighted by molar-refractivity contribution is -0.0447. The number of nitrogens with zero attached hydrogens (tertiary/aromatic N) is 1. The number of nitrogens with one attached hydrogen (secondary N) is 1. The summed E-state index contributed by atoms with van der Waals surface area (Å²) >= 11 is 0. The van der Waals surface area contributed by atoms with Crippen LogP contribution in [0.1, 0.15) is 18.2 Å². The van der Waals surface area contributed by atoms with Crippen molar-refractivity contribution in [3.63, 3.8) is 0 Å². The number of alkyl halides is 1. The molecule has 2 rings (SSSR count). The number of rotatable bonds is 3. The minimum atomic E-state index is -1.19. The number of hydrogen-bond donors (Lipinski definition) is 1.